The largest absolute Gasteiger partial charge is 0.330 e. The van der Waals surface area contributed by atoms with Crippen molar-refractivity contribution in [3.05, 3.63) is 34.1 Å². The third kappa shape index (κ3) is 3.12. The van der Waals surface area contributed by atoms with E-state index in [4.69, 9.17) is 5.73 Å². The minimum Gasteiger partial charge on any atom is -0.330 e. The van der Waals surface area contributed by atoms with Crippen molar-refractivity contribution in [2.24, 2.45) is 11.7 Å². The number of halogens is 2. The Labute approximate surface area is 103 Å². The van der Waals surface area contributed by atoms with Crippen LogP contribution in [-0.2, 0) is 0 Å². The molecule has 0 aliphatic rings. The summed E-state index contributed by atoms with van der Waals surface area (Å²) in [7, 11) is 0. The SMILES string of the molecule is CCCC(CN)C(=O)c1cc(Br)ccc1F. The molecule has 0 aromatic heterocycles. The molecule has 2 N–H and O–H groups in total. The monoisotopic (exact) mass is 287 g/mol. The van der Waals surface area contributed by atoms with E-state index in [9.17, 15) is 9.18 Å². The van der Waals surface area contributed by atoms with Gasteiger partial charge in [0.1, 0.15) is 5.82 Å². The van der Waals surface area contributed by atoms with Crippen molar-refractivity contribution in [3.63, 3.8) is 0 Å². The Kier molecular flexibility index (Phi) is 5.09. The Bertz CT molecular complexity index is 381. The zero-order chi connectivity index (χ0) is 12.1. The van der Waals surface area contributed by atoms with Gasteiger partial charge in [0.15, 0.2) is 5.78 Å². The Morgan fingerprint density at radius 3 is 2.81 bits per heavy atom. The van der Waals surface area contributed by atoms with Gasteiger partial charge in [-0.2, -0.15) is 0 Å². The van der Waals surface area contributed by atoms with Crippen molar-refractivity contribution < 1.29 is 9.18 Å². The van der Waals surface area contributed by atoms with Crippen LogP contribution in [0.15, 0.2) is 22.7 Å². The van der Waals surface area contributed by atoms with E-state index < -0.39 is 5.82 Å². The van der Waals surface area contributed by atoms with Crippen molar-refractivity contribution in [2.45, 2.75) is 19.8 Å². The first kappa shape index (κ1) is 13.3. The molecule has 1 unspecified atom stereocenters. The summed E-state index contributed by atoms with van der Waals surface area (Å²) < 4.78 is 14.2. The first-order chi connectivity index (χ1) is 7.60. The van der Waals surface area contributed by atoms with Gasteiger partial charge in [0, 0.05) is 16.9 Å². The molecule has 0 aliphatic carbocycles. The maximum Gasteiger partial charge on any atom is 0.170 e. The summed E-state index contributed by atoms with van der Waals surface area (Å²) in [5.41, 5.74) is 5.65. The predicted octanol–water partition coefficient (Wildman–Crippen LogP) is 3.15. The molecule has 1 atom stereocenters. The molecule has 0 bridgehead atoms. The summed E-state index contributed by atoms with van der Waals surface area (Å²) in [6.07, 6.45) is 1.56. The van der Waals surface area contributed by atoms with Crippen molar-refractivity contribution in [1.82, 2.24) is 0 Å². The Morgan fingerprint density at radius 2 is 2.25 bits per heavy atom. The molecule has 16 heavy (non-hydrogen) atoms. The highest BCUT2D eigenvalue weighted by Crippen LogP contribution is 2.20. The van der Waals surface area contributed by atoms with Gasteiger partial charge in [-0.05, 0) is 24.6 Å². The maximum absolute atomic E-state index is 13.5. The summed E-state index contributed by atoms with van der Waals surface area (Å²) in [5.74, 6) is -0.972. The van der Waals surface area contributed by atoms with E-state index in [1.807, 2.05) is 6.92 Å². The minimum atomic E-state index is -0.484. The van der Waals surface area contributed by atoms with Crippen molar-refractivity contribution in [2.75, 3.05) is 6.54 Å². The number of carbonyl (C=O) groups excluding carboxylic acids is 1. The van der Waals surface area contributed by atoms with Gasteiger partial charge in [0.2, 0.25) is 0 Å². The molecule has 0 spiro atoms. The topological polar surface area (TPSA) is 43.1 Å². The second-order valence-electron chi connectivity index (χ2n) is 3.71. The van der Waals surface area contributed by atoms with E-state index >= 15 is 0 Å². The van der Waals surface area contributed by atoms with Gasteiger partial charge in [-0.25, -0.2) is 4.39 Å². The van der Waals surface area contributed by atoms with Gasteiger partial charge in [0.25, 0.3) is 0 Å². The molecule has 2 nitrogen and oxygen atoms in total. The van der Waals surface area contributed by atoms with Crippen molar-refractivity contribution in [3.8, 4) is 0 Å². The first-order valence-corrected chi connectivity index (χ1v) is 6.08. The zero-order valence-electron chi connectivity index (χ0n) is 9.17. The number of rotatable bonds is 5. The van der Waals surface area contributed by atoms with Crippen LogP contribution in [0.1, 0.15) is 30.1 Å². The normalized spacial score (nSPS) is 12.5. The molecule has 0 saturated carbocycles. The molecule has 88 valence electrons. The van der Waals surface area contributed by atoms with Crippen LogP contribution in [0, 0.1) is 11.7 Å². The number of hydrogen-bond donors (Lipinski definition) is 1. The fourth-order valence-corrected chi connectivity index (χ4v) is 1.97. The molecular weight excluding hydrogens is 273 g/mol. The van der Waals surface area contributed by atoms with Crippen molar-refractivity contribution in [1.29, 1.82) is 0 Å². The standard InChI is InChI=1S/C12H15BrFNO/c1-2-3-8(7-15)12(16)10-6-9(13)4-5-11(10)14/h4-6,8H,2-3,7,15H2,1H3. The third-order valence-electron chi connectivity index (χ3n) is 2.49. The summed E-state index contributed by atoms with van der Waals surface area (Å²) in [6, 6.07) is 4.37. The second-order valence-corrected chi connectivity index (χ2v) is 4.63. The van der Waals surface area contributed by atoms with Crippen LogP contribution in [0.25, 0.3) is 0 Å². The molecule has 0 aliphatic heterocycles. The zero-order valence-corrected chi connectivity index (χ0v) is 10.8. The number of nitrogens with two attached hydrogens (primary N) is 1. The van der Waals surface area contributed by atoms with E-state index in [0.29, 0.717) is 10.9 Å². The highest BCUT2D eigenvalue weighted by Gasteiger charge is 2.20. The third-order valence-corrected chi connectivity index (χ3v) is 2.98. The summed E-state index contributed by atoms with van der Waals surface area (Å²) in [6.45, 7) is 2.24. The van der Waals surface area contributed by atoms with Crippen LogP contribution in [0.2, 0.25) is 0 Å². The lowest BCUT2D eigenvalue weighted by Gasteiger charge is -2.13. The minimum absolute atomic E-state index is 0.123. The number of ketones is 1. The molecule has 1 aromatic carbocycles. The van der Waals surface area contributed by atoms with Gasteiger partial charge in [-0.1, -0.05) is 29.3 Å². The molecule has 0 heterocycles. The van der Waals surface area contributed by atoms with Gasteiger partial charge < -0.3 is 5.73 Å². The van der Waals surface area contributed by atoms with Crippen LogP contribution >= 0.6 is 15.9 Å². The van der Waals surface area contributed by atoms with E-state index in [1.165, 1.54) is 12.1 Å². The summed E-state index contributed by atoms with van der Waals surface area (Å²) >= 11 is 3.22. The summed E-state index contributed by atoms with van der Waals surface area (Å²) in [5, 5.41) is 0. The van der Waals surface area contributed by atoms with Gasteiger partial charge in [-0.15, -0.1) is 0 Å². The van der Waals surface area contributed by atoms with Crippen LogP contribution in [0.4, 0.5) is 4.39 Å². The van der Waals surface area contributed by atoms with Gasteiger partial charge in [0.05, 0.1) is 5.56 Å². The molecule has 0 amide bonds. The molecule has 0 saturated heterocycles. The van der Waals surface area contributed by atoms with E-state index in [-0.39, 0.29) is 23.8 Å². The predicted molar refractivity (Wildman–Crippen MR) is 65.9 cm³/mol. The van der Waals surface area contributed by atoms with Crippen molar-refractivity contribution >= 4 is 21.7 Å². The molecule has 1 rings (SSSR count). The molecular formula is C12H15BrFNO. The Hall–Kier alpha value is -0.740. The average molecular weight is 288 g/mol. The van der Waals surface area contributed by atoms with Gasteiger partial charge >= 0.3 is 0 Å². The summed E-state index contributed by atoms with van der Waals surface area (Å²) in [4.78, 5) is 12.0. The van der Waals surface area contributed by atoms with Crippen LogP contribution in [0.5, 0.6) is 0 Å². The van der Waals surface area contributed by atoms with Crippen LogP contribution in [0.3, 0.4) is 0 Å². The van der Waals surface area contributed by atoms with E-state index in [2.05, 4.69) is 15.9 Å². The number of benzene rings is 1. The average Bonchev–Trinajstić information content (AvgIpc) is 2.28. The number of Topliss-reactive ketones (excluding diaryl/α,β-unsaturated/α-hetero) is 1. The number of carbonyl (C=O) groups is 1. The highest BCUT2D eigenvalue weighted by atomic mass is 79.9. The maximum atomic E-state index is 13.5. The molecule has 1 aromatic rings. The Morgan fingerprint density at radius 1 is 1.56 bits per heavy atom. The first-order valence-electron chi connectivity index (χ1n) is 5.29. The van der Waals surface area contributed by atoms with E-state index in [1.54, 1.807) is 6.07 Å². The van der Waals surface area contributed by atoms with Crippen LogP contribution in [-0.4, -0.2) is 12.3 Å². The fourth-order valence-electron chi connectivity index (χ4n) is 1.61. The lowest BCUT2D eigenvalue weighted by molar-refractivity contribution is 0.0913. The fraction of sp³-hybridized carbons (Fsp3) is 0.417. The quantitative estimate of drug-likeness (QED) is 0.846. The lowest BCUT2D eigenvalue weighted by Crippen LogP contribution is -2.24. The molecule has 4 heteroatoms. The van der Waals surface area contributed by atoms with Crippen LogP contribution < -0.4 is 5.73 Å². The Balaban J connectivity index is 2.98. The number of hydrogen-bond acceptors (Lipinski definition) is 2. The second kappa shape index (κ2) is 6.11. The lowest BCUT2D eigenvalue weighted by atomic mass is 9.93. The van der Waals surface area contributed by atoms with E-state index in [0.717, 1.165) is 6.42 Å². The molecule has 0 fully saturated rings. The van der Waals surface area contributed by atoms with Gasteiger partial charge in [-0.3, -0.25) is 4.79 Å². The molecule has 0 radical (unpaired) electrons. The smallest absolute Gasteiger partial charge is 0.170 e. The highest BCUT2D eigenvalue weighted by molar-refractivity contribution is 9.10.